The molecule has 1 N–H and O–H groups in total. The van der Waals surface area contributed by atoms with E-state index in [2.05, 4.69) is 5.32 Å². The molecule has 0 saturated heterocycles. The quantitative estimate of drug-likeness (QED) is 0.151. The minimum absolute atomic E-state index is 0.00293. The number of amides is 1. The molecule has 0 aliphatic rings. The molecule has 1 unspecified atom stereocenters. The molecule has 3 aromatic rings. The number of hydrogen-bond donors (Lipinski definition) is 1. The lowest BCUT2D eigenvalue weighted by Crippen LogP contribution is -2.38. The first-order valence-corrected chi connectivity index (χ1v) is 17.6. The second-order valence-corrected chi connectivity index (χ2v) is 14.6. The fourth-order valence-electron chi connectivity index (χ4n) is 4.23. The molecule has 0 radical (unpaired) electrons. The van der Waals surface area contributed by atoms with Gasteiger partial charge in [0.2, 0.25) is 5.57 Å². The zero-order chi connectivity index (χ0) is 32.9. The second kappa shape index (κ2) is 17.8. The standard InChI is InChI=1S/C34H42ClFNO6PS/c1-6-41-44(39,42-7-2)32(36)21-27(37-33(38)43-34(3,4)5)16-11-15-26-19-20-30(23-31(26)35)45-29-18-12-17-28(22-29)40-24-25-13-9-8-10-14-25/h8-10,12-14,17-23,27H,6-7,11,15-16,24H2,1-5H3,(H,37,38). The number of hydrogen-bond acceptors (Lipinski definition) is 7. The Kier molecular flexibility index (Phi) is 14.5. The molecule has 0 spiro atoms. The number of halogens is 2. The number of carbonyl (C=O) groups excluding carboxylic acids is 1. The summed E-state index contributed by atoms with van der Waals surface area (Å²) in [5.74, 6) is 0.783. The Balaban J connectivity index is 1.64. The van der Waals surface area contributed by atoms with Gasteiger partial charge in [-0.2, -0.15) is 4.39 Å². The fraction of sp³-hybridized carbons (Fsp3) is 0.382. The maximum absolute atomic E-state index is 15.2. The van der Waals surface area contributed by atoms with Gasteiger partial charge in [0.1, 0.15) is 18.0 Å². The van der Waals surface area contributed by atoms with Gasteiger partial charge in [-0.15, -0.1) is 0 Å². The third kappa shape index (κ3) is 12.8. The van der Waals surface area contributed by atoms with Crippen molar-refractivity contribution in [3.8, 4) is 5.75 Å². The molecule has 0 aliphatic carbocycles. The lowest BCUT2D eigenvalue weighted by molar-refractivity contribution is 0.0511. The van der Waals surface area contributed by atoms with Gasteiger partial charge in [-0.25, -0.2) is 4.79 Å². The number of aryl methyl sites for hydroxylation is 1. The normalized spacial score (nSPS) is 12.9. The molecule has 3 rings (SSSR count). The first-order valence-electron chi connectivity index (χ1n) is 14.9. The van der Waals surface area contributed by atoms with Crippen molar-refractivity contribution in [3.63, 3.8) is 0 Å². The van der Waals surface area contributed by atoms with Gasteiger partial charge in [-0.1, -0.05) is 65.8 Å². The summed E-state index contributed by atoms with van der Waals surface area (Å²) in [7, 11) is -4.13. The van der Waals surface area contributed by atoms with E-state index < -0.39 is 30.9 Å². The largest absolute Gasteiger partial charge is 0.489 e. The van der Waals surface area contributed by atoms with Crippen LogP contribution in [-0.2, 0) is 31.4 Å². The molecule has 244 valence electrons. The molecule has 1 atom stereocenters. The van der Waals surface area contributed by atoms with Crippen LogP contribution in [0.25, 0.3) is 0 Å². The molecule has 0 fully saturated rings. The smallest absolute Gasteiger partial charge is 0.408 e. The number of rotatable bonds is 16. The highest BCUT2D eigenvalue weighted by molar-refractivity contribution is 7.99. The van der Waals surface area contributed by atoms with Crippen molar-refractivity contribution in [1.82, 2.24) is 5.32 Å². The highest BCUT2D eigenvalue weighted by atomic mass is 35.5. The predicted molar refractivity (Wildman–Crippen MR) is 179 cm³/mol. The highest BCUT2D eigenvalue weighted by Crippen LogP contribution is 2.56. The van der Waals surface area contributed by atoms with Crippen LogP contribution in [0, 0.1) is 0 Å². The van der Waals surface area contributed by atoms with Crippen molar-refractivity contribution < 1.29 is 32.3 Å². The Morgan fingerprint density at radius 3 is 2.33 bits per heavy atom. The first-order chi connectivity index (χ1) is 21.4. The summed E-state index contributed by atoms with van der Waals surface area (Å²) in [4.78, 5) is 14.5. The number of nitrogens with one attached hydrogen (secondary N) is 1. The molecule has 0 aromatic heterocycles. The molecule has 0 saturated carbocycles. The van der Waals surface area contributed by atoms with Gasteiger partial charge < -0.3 is 23.8 Å². The van der Waals surface area contributed by atoms with Crippen LogP contribution in [0.3, 0.4) is 0 Å². The zero-order valence-electron chi connectivity index (χ0n) is 26.4. The fourth-order valence-corrected chi connectivity index (χ4v) is 6.84. The molecule has 0 aliphatic heterocycles. The number of alkyl carbamates (subject to hydrolysis) is 1. The molecular formula is C34H42ClFNO6PS. The maximum atomic E-state index is 15.2. The van der Waals surface area contributed by atoms with Crippen LogP contribution in [0.15, 0.2) is 94.2 Å². The maximum Gasteiger partial charge on any atom is 0.408 e. The van der Waals surface area contributed by atoms with Crippen LogP contribution in [0.2, 0.25) is 5.02 Å². The third-order valence-corrected chi connectivity index (χ3v) is 9.38. The summed E-state index contributed by atoms with van der Waals surface area (Å²) in [5, 5.41) is 3.27. The lowest BCUT2D eigenvalue weighted by Gasteiger charge is -2.23. The van der Waals surface area contributed by atoms with Gasteiger partial charge in [-0.05, 0) is 101 Å². The van der Waals surface area contributed by atoms with Gasteiger partial charge in [0.25, 0.3) is 0 Å². The van der Waals surface area contributed by atoms with Crippen molar-refractivity contribution >= 4 is 37.1 Å². The van der Waals surface area contributed by atoms with Gasteiger partial charge in [0.15, 0.2) is 0 Å². The zero-order valence-corrected chi connectivity index (χ0v) is 28.9. The summed E-state index contributed by atoms with van der Waals surface area (Å²) in [6, 6.07) is 23.0. The Morgan fingerprint density at radius 2 is 1.69 bits per heavy atom. The third-order valence-electron chi connectivity index (χ3n) is 6.18. The molecule has 0 bridgehead atoms. The van der Waals surface area contributed by atoms with Gasteiger partial charge in [0.05, 0.1) is 19.3 Å². The average molecular weight is 678 g/mol. The lowest BCUT2D eigenvalue weighted by atomic mass is 10.0. The summed E-state index contributed by atoms with van der Waals surface area (Å²) < 4.78 is 49.6. The van der Waals surface area contributed by atoms with Crippen molar-refractivity contribution in [3.05, 3.63) is 101 Å². The van der Waals surface area contributed by atoms with Crippen molar-refractivity contribution in [2.75, 3.05) is 13.2 Å². The van der Waals surface area contributed by atoms with E-state index in [1.165, 1.54) is 0 Å². The van der Waals surface area contributed by atoms with Gasteiger partial charge >= 0.3 is 13.7 Å². The SMILES string of the molecule is CCOP(=O)(OCC)C(F)=CC(CCCc1ccc(Sc2cccc(OCc3ccccc3)c2)cc1Cl)NC(=O)OC(C)(C)C. The molecule has 7 nitrogen and oxygen atoms in total. The van der Waals surface area contributed by atoms with E-state index >= 15 is 4.39 Å². The van der Waals surface area contributed by atoms with E-state index in [-0.39, 0.29) is 13.2 Å². The van der Waals surface area contributed by atoms with Crippen LogP contribution >= 0.6 is 31.0 Å². The second-order valence-electron chi connectivity index (χ2n) is 11.1. The summed E-state index contributed by atoms with van der Waals surface area (Å²) in [5.41, 5.74) is 0.214. The molecule has 45 heavy (non-hydrogen) atoms. The molecular weight excluding hydrogens is 636 g/mol. The Hall–Kier alpha value is -2.81. The first kappa shape index (κ1) is 36.7. The average Bonchev–Trinajstić information content (AvgIpc) is 2.97. The minimum atomic E-state index is -4.13. The van der Waals surface area contributed by atoms with Crippen LogP contribution in [0.4, 0.5) is 9.18 Å². The van der Waals surface area contributed by atoms with E-state index in [0.29, 0.717) is 30.9 Å². The van der Waals surface area contributed by atoms with Gasteiger partial charge in [0, 0.05) is 14.8 Å². The summed E-state index contributed by atoms with van der Waals surface area (Å²) >= 11 is 8.24. The van der Waals surface area contributed by atoms with Crippen molar-refractivity contribution in [2.24, 2.45) is 0 Å². The van der Waals surface area contributed by atoms with E-state index in [1.54, 1.807) is 46.4 Å². The molecule has 0 heterocycles. The van der Waals surface area contributed by atoms with E-state index in [1.807, 2.05) is 72.8 Å². The van der Waals surface area contributed by atoms with Crippen molar-refractivity contribution in [1.29, 1.82) is 0 Å². The minimum Gasteiger partial charge on any atom is -0.489 e. The number of benzene rings is 3. The van der Waals surface area contributed by atoms with Crippen LogP contribution < -0.4 is 10.1 Å². The monoisotopic (exact) mass is 677 g/mol. The Bertz CT molecular complexity index is 1460. The summed E-state index contributed by atoms with van der Waals surface area (Å²) in [6.07, 6.45) is 1.81. The van der Waals surface area contributed by atoms with Crippen molar-refractivity contribution in [2.45, 2.75) is 81.9 Å². The molecule has 11 heteroatoms. The van der Waals surface area contributed by atoms with Crippen LogP contribution in [0.1, 0.15) is 58.6 Å². The summed E-state index contributed by atoms with van der Waals surface area (Å²) in [6.45, 7) is 8.89. The van der Waals surface area contributed by atoms with E-state index in [0.717, 1.165) is 32.7 Å². The predicted octanol–water partition coefficient (Wildman–Crippen LogP) is 10.4. The molecule has 3 aromatic carbocycles. The number of ether oxygens (including phenoxy) is 2. The highest BCUT2D eigenvalue weighted by Gasteiger charge is 2.31. The van der Waals surface area contributed by atoms with E-state index in [9.17, 15) is 9.36 Å². The topological polar surface area (TPSA) is 83.1 Å². The van der Waals surface area contributed by atoms with E-state index in [4.69, 9.17) is 30.1 Å². The Labute approximate surface area is 275 Å². The molecule has 1 amide bonds. The number of carbonyl (C=O) groups is 1. The van der Waals surface area contributed by atoms with Gasteiger partial charge in [-0.3, -0.25) is 4.57 Å². The van der Waals surface area contributed by atoms with Crippen LogP contribution in [-0.4, -0.2) is 30.9 Å². The van der Waals surface area contributed by atoms with Crippen LogP contribution in [0.5, 0.6) is 5.75 Å². The Morgan fingerprint density at radius 1 is 1.00 bits per heavy atom.